The molecule has 148 valence electrons. The van der Waals surface area contributed by atoms with Crippen LogP contribution in [0.4, 0.5) is 0 Å². The highest BCUT2D eigenvalue weighted by Gasteiger charge is 2.38. The topological polar surface area (TPSA) is 57.6 Å². The van der Waals surface area contributed by atoms with E-state index in [1.54, 1.807) is 0 Å². The minimum Gasteiger partial charge on any atom is -0.481 e. The van der Waals surface area contributed by atoms with Crippen LogP contribution in [-0.2, 0) is 16.0 Å². The van der Waals surface area contributed by atoms with Gasteiger partial charge >= 0.3 is 5.97 Å². The van der Waals surface area contributed by atoms with Crippen molar-refractivity contribution in [2.75, 3.05) is 13.1 Å². The van der Waals surface area contributed by atoms with Gasteiger partial charge < -0.3 is 10.0 Å². The fourth-order valence-corrected chi connectivity index (χ4v) is 4.99. The van der Waals surface area contributed by atoms with Crippen molar-refractivity contribution in [3.05, 3.63) is 35.4 Å². The summed E-state index contributed by atoms with van der Waals surface area (Å²) in [6.07, 6.45) is 7.97. The number of nitrogens with zero attached hydrogens (tertiary/aromatic N) is 1. The van der Waals surface area contributed by atoms with Crippen molar-refractivity contribution in [2.45, 2.75) is 71.1 Å². The number of hydrogen-bond acceptors (Lipinski definition) is 2. The number of piperidine rings is 1. The summed E-state index contributed by atoms with van der Waals surface area (Å²) in [6, 6.07) is 8.01. The summed E-state index contributed by atoms with van der Waals surface area (Å²) in [5, 5.41) is 9.71. The highest BCUT2D eigenvalue weighted by molar-refractivity contribution is 5.82. The Hall–Kier alpha value is -1.84. The number of amides is 1. The van der Waals surface area contributed by atoms with E-state index in [1.807, 2.05) is 23.1 Å². The van der Waals surface area contributed by atoms with E-state index in [-0.39, 0.29) is 12.3 Å². The van der Waals surface area contributed by atoms with Crippen LogP contribution >= 0.6 is 0 Å². The van der Waals surface area contributed by atoms with Crippen molar-refractivity contribution < 1.29 is 14.7 Å². The van der Waals surface area contributed by atoms with Crippen LogP contribution in [0.3, 0.4) is 0 Å². The van der Waals surface area contributed by atoms with E-state index < -0.39 is 11.9 Å². The summed E-state index contributed by atoms with van der Waals surface area (Å²) in [5.41, 5.74) is 2.70. The van der Waals surface area contributed by atoms with Gasteiger partial charge in [0.25, 0.3) is 0 Å². The molecule has 0 aromatic heterocycles. The van der Waals surface area contributed by atoms with E-state index in [0.29, 0.717) is 17.8 Å². The Morgan fingerprint density at radius 1 is 1.07 bits per heavy atom. The van der Waals surface area contributed by atoms with E-state index in [0.717, 1.165) is 31.5 Å². The molecule has 2 fully saturated rings. The second kappa shape index (κ2) is 8.45. The van der Waals surface area contributed by atoms with Gasteiger partial charge in [-0.25, -0.2) is 0 Å². The van der Waals surface area contributed by atoms with Gasteiger partial charge in [-0.2, -0.15) is 0 Å². The molecule has 2 aliphatic rings. The summed E-state index contributed by atoms with van der Waals surface area (Å²) < 4.78 is 0. The number of carboxylic acids is 1. The normalized spacial score (nSPS) is 20.2. The van der Waals surface area contributed by atoms with Crippen molar-refractivity contribution in [1.82, 2.24) is 4.90 Å². The quantitative estimate of drug-likeness (QED) is 0.793. The average Bonchev–Trinajstić information content (AvgIpc) is 3.09. The Balaban J connectivity index is 1.61. The van der Waals surface area contributed by atoms with Gasteiger partial charge in [-0.3, -0.25) is 9.59 Å². The number of aliphatic carboxylic acids is 1. The van der Waals surface area contributed by atoms with Gasteiger partial charge in [-0.1, -0.05) is 51.0 Å². The number of carbonyl (C=O) groups is 2. The zero-order chi connectivity index (χ0) is 19.4. The minimum atomic E-state index is -0.869. The second-order valence-electron chi connectivity index (χ2n) is 8.88. The van der Waals surface area contributed by atoms with Gasteiger partial charge in [0, 0.05) is 19.5 Å². The first-order valence-electron chi connectivity index (χ1n) is 10.5. The second-order valence-corrected chi connectivity index (χ2v) is 8.88. The monoisotopic (exact) mass is 371 g/mol. The molecule has 4 nitrogen and oxygen atoms in total. The molecule has 3 rings (SSSR count). The SMILES string of the molecule is CC(C)c1ccccc1CC(CC(=O)N1CCC2(CCCC2)CC1)C(=O)O. The van der Waals surface area contributed by atoms with Gasteiger partial charge in [0.05, 0.1) is 5.92 Å². The van der Waals surface area contributed by atoms with Crippen molar-refractivity contribution >= 4 is 11.9 Å². The average molecular weight is 372 g/mol. The maximum Gasteiger partial charge on any atom is 0.307 e. The molecule has 1 saturated heterocycles. The highest BCUT2D eigenvalue weighted by atomic mass is 16.4. The van der Waals surface area contributed by atoms with E-state index in [1.165, 1.54) is 31.2 Å². The molecule has 1 aromatic carbocycles. The van der Waals surface area contributed by atoms with E-state index in [9.17, 15) is 14.7 Å². The van der Waals surface area contributed by atoms with Crippen LogP contribution in [0.15, 0.2) is 24.3 Å². The first-order valence-corrected chi connectivity index (χ1v) is 10.5. The molecule has 1 amide bonds. The molecule has 1 aliphatic heterocycles. The number of rotatable bonds is 6. The lowest BCUT2D eigenvalue weighted by Crippen LogP contribution is -2.43. The lowest BCUT2D eigenvalue weighted by Gasteiger charge is -2.39. The highest BCUT2D eigenvalue weighted by Crippen LogP contribution is 2.46. The van der Waals surface area contributed by atoms with Crippen molar-refractivity contribution in [3.8, 4) is 0 Å². The van der Waals surface area contributed by atoms with Gasteiger partial charge in [0.15, 0.2) is 0 Å². The number of carbonyl (C=O) groups excluding carboxylic acids is 1. The molecule has 4 heteroatoms. The van der Waals surface area contributed by atoms with Crippen molar-refractivity contribution in [3.63, 3.8) is 0 Å². The zero-order valence-electron chi connectivity index (χ0n) is 16.7. The van der Waals surface area contributed by atoms with Crippen LogP contribution in [0.25, 0.3) is 0 Å². The van der Waals surface area contributed by atoms with Crippen LogP contribution in [0.5, 0.6) is 0 Å². The lowest BCUT2D eigenvalue weighted by molar-refractivity contribution is -0.146. The Kier molecular flexibility index (Phi) is 6.23. The Morgan fingerprint density at radius 3 is 2.30 bits per heavy atom. The molecule has 1 N–H and O–H groups in total. The third-order valence-electron chi connectivity index (χ3n) is 6.75. The molecular formula is C23H33NO3. The van der Waals surface area contributed by atoms with E-state index in [4.69, 9.17) is 0 Å². The van der Waals surface area contributed by atoms with Crippen LogP contribution in [-0.4, -0.2) is 35.0 Å². The molecular weight excluding hydrogens is 338 g/mol. The predicted molar refractivity (Wildman–Crippen MR) is 107 cm³/mol. The maximum atomic E-state index is 12.8. The van der Waals surface area contributed by atoms with Gasteiger partial charge in [-0.15, -0.1) is 0 Å². The zero-order valence-corrected chi connectivity index (χ0v) is 16.7. The van der Waals surface area contributed by atoms with Crippen LogP contribution in [0.1, 0.15) is 75.8 Å². The van der Waals surface area contributed by atoms with Crippen LogP contribution in [0, 0.1) is 11.3 Å². The van der Waals surface area contributed by atoms with E-state index >= 15 is 0 Å². The molecule has 1 aromatic rings. The molecule has 1 aliphatic carbocycles. The summed E-state index contributed by atoms with van der Waals surface area (Å²) in [4.78, 5) is 26.5. The van der Waals surface area contributed by atoms with Crippen molar-refractivity contribution in [1.29, 1.82) is 0 Å². The Bertz CT molecular complexity index is 666. The van der Waals surface area contributed by atoms with Gasteiger partial charge in [-0.05, 0) is 54.6 Å². The van der Waals surface area contributed by atoms with Gasteiger partial charge in [0.2, 0.25) is 5.91 Å². The summed E-state index contributed by atoms with van der Waals surface area (Å²) >= 11 is 0. The maximum absolute atomic E-state index is 12.8. The van der Waals surface area contributed by atoms with Crippen LogP contribution < -0.4 is 0 Å². The largest absolute Gasteiger partial charge is 0.481 e. The summed E-state index contributed by atoms with van der Waals surface area (Å²) in [5.74, 6) is -1.17. The minimum absolute atomic E-state index is 0.0114. The molecule has 1 unspecified atom stereocenters. The first kappa shape index (κ1) is 19.9. The fraction of sp³-hybridized carbons (Fsp3) is 0.652. The van der Waals surface area contributed by atoms with Crippen molar-refractivity contribution in [2.24, 2.45) is 11.3 Å². The molecule has 1 saturated carbocycles. The number of likely N-dealkylation sites (tertiary alicyclic amines) is 1. The summed E-state index contributed by atoms with van der Waals surface area (Å²) in [6.45, 7) is 5.83. The molecule has 0 radical (unpaired) electrons. The van der Waals surface area contributed by atoms with Gasteiger partial charge in [0.1, 0.15) is 0 Å². The lowest BCUT2D eigenvalue weighted by atomic mass is 9.77. The number of carboxylic acid groups (broad SMARTS) is 1. The molecule has 0 bridgehead atoms. The Labute approximate surface area is 163 Å². The summed E-state index contributed by atoms with van der Waals surface area (Å²) in [7, 11) is 0. The molecule has 27 heavy (non-hydrogen) atoms. The van der Waals surface area contributed by atoms with E-state index in [2.05, 4.69) is 19.9 Å². The Morgan fingerprint density at radius 2 is 1.70 bits per heavy atom. The number of benzene rings is 1. The number of hydrogen-bond donors (Lipinski definition) is 1. The molecule has 1 heterocycles. The van der Waals surface area contributed by atoms with Crippen LogP contribution in [0.2, 0.25) is 0 Å². The molecule has 1 spiro atoms. The third-order valence-corrected chi connectivity index (χ3v) is 6.75. The standard InChI is InChI=1S/C23H33NO3/c1-17(2)20-8-4-3-7-18(20)15-19(22(26)27)16-21(25)24-13-11-23(12-14-24)9-5-6-10-23/h3-4,7-8,17,19H,5-6,9-16H2,1-2H3,(H,26,27). The fourth-order valence-electron chi connectivity index (χ4n) is 4.99. The third kappa shape index (κ3) is 4.72. The first-order chi connectivity index (χ1) is 12.9. The smallest absolute Gasteiger partial charge is 0.307 e. The predicted octanol–water partition coefficient (Wildman–Crippen LogP) is 4.63. The molecule has 1 atom stereocenters.